The molecule has 0 spiro atoms. The van der Waals surface area contributed by atoms with E-state index in [9.17, 15) is 19.8 Å². The molecular weight excluding hydrogens is 436 g/mol. The van der Waals surface area contributed by atoms with Gasteiger partial charge in [-0.25, -0.2) is 0 Å². The van der Waals surface area contributed by atoms with Crippen LogP contribution in [0.3, 0.4) is 0 Å². The highest BCUT2D eigenvalue weighted by Crippen LogP contribution is 2.44. The quantitative estimate of drug-likeness (QED) is 0.295. The van der Waals surface area contributed by atoms with Crippen molar-refractivity contribution in [2.45, 2.75) is 58.2 Å². The number of ketones is 1. The van der Waals surface area contributed by atoms with Gasteiger partial charge in [0.2, 0.25) is 0 Å². The molecule has 2 unspecified atom stereocenters. The molecule has 1 aliphatic carbocycles. The number of fused-ring (bicyclic) bond motifs is 1. The minimum absolute atomic E-state index is 0.0443. The predicted octanol–water partition coefficient (Wildman–Crippen LogP) is 4.85. The summed E-state index contributed by atoms with van der Waals surface area (Å²) in [6.07, 6.45) is 8.84. The number of methoxy groups -OCH3 is 1. The molecule has 0 aliphatic heterocycles. The second-order valence-corrected chi connectivity index (χ2v) is 10.5. The molecule has 0 saturated heterocycles. The van der Waals surface area contributed by atoms with Gasteiger partial charge in [0, 0.05) is 34.3 Å². The normalized spacial score (nSPS) is 23.7. The zero-order chi connectivity index (χ0) is 24.0. The van der Waals surface area contributed by atoms with E-state index in [2.05, 4.69) is 22.9 Å². The molecule has 0 radical (unpaired) electrons. The Labute approximate surface area is 199 Å². The minimum Gasteiger partial charge on any atom is -0.469 e. The standard InChI is InChI=1S/C27H34O5S/c1-27(2)25(30)21(11-6-4-5-7-13-24(29)32-3)22(26(27)31)15-14-19(28)17-20-16-18-10-8-9-12-23(18)33-20/h4,6,8-10,12,14-16,19,21-22,26,28,31H,5,7,11,13,17H2,1-3H3/t19?,21-,22?,26+/m1/s1. The number of Topliss-reactive ketones (excluding diaryl/α,β-unsaturated/α-hetero) is 1. The number of rotatable bonds is 10. The molecule has 3 rings (SSSR count). The van der Waals surface area contributed by atoms with E-state index in [1.54, 1.807) is 31.3 Å². The third kappa shape index (κ3) is 6.19. The van der Waals surface area contributed by atoms with Crippen LogP contribution in [0.15, 0.2) is 54.6 Å². The van der Waals surface area contributed by atoms with E-state index in [4.69, 9.17) is 0 Å². The first-order chi connectivity index (χ1) is 15.7. The van der Waals surface area contributed by atoms with E-state index in [1.165, 1.54) is 17.2 Å². The maximum atomic E-state index is 13.0. The van der Waals surface area contributed by atoms with Gasteiger partial charge in [0.1, 0.15) is 5.78 Å². The molecule has 0 amide bonds. The van der Waals surface area contributed by atoms with Crippen LogP contribution in [0.25, 0.3) is 10.1 Å². The smallest absolute Gasteiger partial charge is 0.305 e. The van der Waals surface area contributed by atoms with E-state index in [1.807, 2.05) is 30.4 Å². The van der Waals surface area contributed by atoms with Crippen LogP contribution in [0, 0.1) is 17.3 Å². The van der Waals surface area contributed by atoms with Gasteiger partial charge in [0.25, 0.3) is 0 Å². The van der Waals surface area contributed by atoms with Crippen molar-refractivity contribution >= 4 is 33.2 Å². The number of carbonyl (C=O) groups excluding carboxylic acids is 2. The number of hydrogen-bond donors (Lipinski definition) is 2. The van der Waals surface area contributed by atoms with Crippen LogP contribution >= 0.6 is 11.3 Å². The first-order valence-electron chi connectivity index (χ1n) is 11.5. The van der Waals surface area contributed by atoms with Crippen molar-refractivity contribution in [2.75, 3.05) is 7.11 Å². The molecule has 33 heavy (non-hydrogen) atoms. The number of hydrogen-bond acceptors (Lipinski definition) is 6. The third-order valence-electron chi connectivity index (χ3n) is 6.52. The van der Waals surface area contributed by atoms with Crippen molar-refractivity contribution in [3.63, 3.8) is 0 Å². The van der Waals surface area contributed by atoms with Crippen molar-refractivity contribution in [2.24, 2.45) is 17.3 Å². The van der Waals surface area contributed by atoms with Crippen molar-refractivity contribution in [1.82, 2.24) is 0 Å². The summed E-state index contributed by atoms with van der Waals surface area (Å²) in [5.41, 5.74) is -0.825. The average molecular weight is 471 g/mol. The highest BCUT2D eigenvalue weighted by Gasteiger charge is 2.52. The Balaban J connectivity index is 1.61. The Bertz CT molecular complexity index is 985. The number of allylic oxidation sites excluding steroid dienone is 2. The lowest BCUT2D eigenvalue weighted by Crippen LogP contribution is -2.31. The Hall–Kier alpha value is -2.28. The van der Waals surface area contributed by atoms with Gasteiger partial charge in [-0.05, 0) is 36.8 Å². The van der Waals surface area contributed by atoms with E-state index in [0.717, 1.165) is 11.3 Å². The van der Waals surface area contributed by atoms with Crippen LogP contribution in [0.4, 0.5) is 0 Å². The van der Waals surface area contributed by atoms with Gasteiger partial charge in [0.05, 0.1) is 24.7 Å². The molecule has 0 bridgehead atoms. The summed E-state index contributed by atoms with van der Waals surface area (Å²) in [5.74, 6) is -0.856. The summed E-state index contributed by atoms with van der Waals surface area (Å²) in [4.78, 5) is 25.3. The molecule has 6 heteroatoms. The summed E-state index contributed by atoms with van der Waals surface area (Å²) in [6.45, 7) is 3.57. The van der Waals surface area contributed by atoms with Crippen LogP contribution in [0.1, 0.15) is 44.4 Å². The van der Waals surface area contributed by atoms with Gasteiger partial charge in [0.15, 0.2) is 0 Å². The highest BCUT2D eigenvalue weighted by molar-refractivity contribution is 7.19. The van der Waals surface area contributed by atoms with E-state index in [-0.39, 0.29) is 23.6 Å². The first-order valence-corrected chi connectivity index (χ1v) is 12.3. The second kappa shape index (κ2) is 11.2. The number of thiophene rings is 1. The maximum absolute atomic E-state index is 13.0. The average Bonchev–Trinajstić information content (AvgIpc) is 3.26. The molecule has 1 fully saturated rings. The second-order valence-electron chi connectivity index (χ2n) is 9.30. The molecule has 1 aromatic carbocycles. The van der Waals surface area contributed by atoms with E-state index < -0.39 is 17.6 Å². The largest absolute Gasteiger partial charge is 0.469 e. The fourth-order valence-electron chi connectivity index (χ4n) is 4.50. The highest BCUT2D eigenvalue weighted by atomic mass is 32.1. The lowest BCUT2D eigenvalue weighted by Gasteiger charge is -2.22. The summed E-state index contributed by atoms with van der Waals surface area (Å²) in [6, 6.07) is 10.2. The van der Waals surface area contributed by atoms with Crippen LogP contribution in [-0.2, 0) is 20.7 Å². The number of esters is 1. The number of ether oxygens (including phenoxy) is 1. The molecule has 4 atom stereocenters. The molecular formula is C27H34O5S. The van der Waals surface area contributed by atoms with Gasteiger partial charge < -0.3 is 14.9 Å². The number of benzene rings is 1. The van der Waals surface area contributed by atoms with E-state index in [0.29, 0.717) is 25.7 Å². The van der Waals surface area contributed by atoms with Crippen LogP contribution in [0.2, 0.25) is 0 Å². The fourth-order valence-corrected chi connectivity index (χ4v) is 5.61. The van der Waals surface area contributed by atoms with E-state index >= 15 is 0 Å². The molecule has 2 N–H and O–H groups in total. The molecule has 2 aromatic rings. The molecule has 1 aliphatic rings. The lowest BCUT2D eigenvalue weighted by molar-refractivity contribution is -0.140. The van der Waals surface area contributed by atoms with Crippen LogP contribution < -0.4 is 0 Å². The van der Waals surface area contributed by atoms with Gasteiger partial charge >= 0.3 is 5.97 Å². The molecule has 1 heterocycles. The molecule has 1 aromatic heterocycles. The Kier molecular flexibility index (Phi) is 8.63. The van der Waals surface area contributed by atoms with Crippen LogP contribution in [0.5, 0.6) is 0 Å². The van der Waals surface area contributed by atoms with Crippen molar-refractivity contribution in [1.29, 1.82) is 0 Å². The van der Waals surface area contributed by atoms with Gasteiger partial charge in [-0.2, -0.15) is 0 Å². The maximum Gasteiger partial charge on any atom is 0.305 e. The van der Waals surface area contributed by atoms with Crippen LogP contribution in [-0.4, -0.2) is 41.3 Å². The van der Waals surface area contributed by atoms with Gasteiger partial charge in [-0.3, -0.25) is 9.59 Å². The number of carbonyl (C=O) groups is 2. The first kappa shape index (κ1) is 25.3. The van der Waals surface area contributed by atoms with Crippen molar-refractivity contribution in [3.8, 4) is 0 Å². The Morgan fingerprint density at radius 3 is 2.76 bits per heavy atom. The lowest BCUT2D eigenvalue weighted by atomic mass is 9.86. The number of unbranched alkanes of at least 4 members (excludes halogenated alkanes) is 1. The number of aliphatic hydroxyl groups is 2. The zero-order valence-corrected chi connectivity index (χ0v) is 20.4. The zero-order valence-electron chi connectivity index (χ0n) is 19.6. The predicted molar refractivity (Wildman–Crippen MR) is 132 cm³/mol. The third-order valence-corrected chi connectivity index (χ3v) is 7.66. The number of aliphatic hydroxyl groups excluding tert-OH is 2. The summed E-state index contributed by atoms with van der Waals surface area (Å²) >= 11 is 1.67. The molecule has 1 saturated carbocycles. The topological polar surface area (TPSA) is 83.8 Å². The Morgan fingerprint density at radius 1 is 1.27 bits per heavy atom. The van der Waals surface area contributed by atoms with Gasteiger partial charge in [-0.1, -0.05) is 56.4 Å². The SMILES string of the molecule is COC(=O)CCCC=CC[C@H]1C(=O)C(C)(C)[C@@H](O)C1C=CC(O)Cc1cc2ccccc2s1. The summed E-state index contributed by atoms with van der Waals surface area (Å²) in [5, 5.41) is 22.6. The summed E-state index contributed by atoms with van der Waals surface area (Å²) in [7, 11) is 1.38. The fraction of sp³-hybridized carbons (Fsp3) is 0.481. The van der Waals surface area contributed by atoms with Gasteiger partial charge in [-0.15, -0.1) is 11.3 Å². The Morgan fingerprint density at radius 2 is 2.03 bits per heavy atom. The molecule has 5 nitrogen and oxygen atoms in total. The monoisotopic (exact) mass is 470 g/mol. The molecule has 178 valence electrons. The minimum atomic E-state index is -0.825. The van der Waals surface area contributed by atoms with Crippen molar-refractivity contribution < 1.29 is 24.5 Å². The van der Waals surface area contributed by atoms with Crippen molar-refractivity contribution in [3.05, 3.63) is 59.5 Å². The summed E-state index contributed by atoms with van der Waals surface area (Å²) < 4.78 is 5.83.